The van der Waals surface area contributed by atoms with Crippen molar-refractivity contribution >= 4 is 0 Å². The Hall–Kier alpha value is -2.08. The summed E-state index contributed by atoms with van der Waals surface area (Å²) in [5, 5.41) is 10.6. The zero-order valence-corrected chi connectivity index (χ0v) is 13.7. The Balaban J connectivity index is 1.82. The van der Waals surface area contributed by atoms with Gasteiger partial charge in [-0.05, 0) is 72.5 Å². The smallest absolute Gasteiger partial charge is 0.119 e. The van der Waals surface area contributed by atoms with E-state index >= 15 is 0 Å². The Morgan fingerprint density at radius 1 is 0.792 bits per heavy atom. The lowest BCUT2D eigenvalue weighted by molar-refractivity contribution is 0.224. The summed E-state index contributed by atoms with van der Waals surface area (Å²) >= 11 is 0. The van der Waals surface area contributed by atoms with Crippen LogP contribution in [0.15, 0.2) is 36.4 Å². The Morgan fingerprint density at radius 3 is 2.08 bits per heavy atom. The maximum absolute atomic E-state index is 10.6. The molecule has 0 saturated carbocycles. The van der Waals surface area contributed by atoms with Crippen LogP contribution in [0.25, 0.3) is 11.1 Å². The maximum Gasteiger partial charge on any atom is 0.119 e. The fourth-order valence-corrected chi connectivity index (χ4v) is 2.91. The van der Waals surface area contributed by atoms with E-state index in [1.165, 1.54) is 0 Å². The summed E-state index contributed by atoms with van der Waals surface area (Å²) in [6.07, 6.45) is 0.995. The Labute approximate surface area is 142 Å². The molecule has 2 aromatic rings. The fourth-order valence-electron chi connectivity index (χ4n) is 2.91. The molecule has 0 bridgehead atoms. The largest absolute Gasteiger partial charge is 0.494 e. The first-order valence-electron chi connectivity index (χ1n) is 8.36. The van der Waals surface area contributed by atoms with E-state index in [-0.39, 0.29) is 0 Å². The molecule has 128 valence electrons. The number of nitrogens with two attached hydrogens (primary N) is 2. The molecule has 1 aliphatic rings. The fraction of sp³-hybridized carbons (Fsp3) is 0.368. The monoisotopic (exact) mass is 328 g/mol. The van der Waals surface area contributed by atoms with Crippen LogP contribution in [-0.2, 0) is 0 Å². The van der Waals surface area contributed by atoms with E-state index in [4.69, 9.17) is 20.9 Å². The minimum Gasteiger partial charge on any atom is -0.494 e. The zero-order valence-electron chi connectivity index (χ0n) is 13.7. The van der Waals surface area contributed by atoms with Gasteiger partial charge in [0, 0.05) is 0 Å². The highest BCUT2D eigenvalue weighted by atomic mass is 16.5. The zero-order chi connectivity index (χ0) is 16.9. The van der Waals surface area contributed by atoms with Crippen molar-refractivity contribution in [2.45, 2.75) is 18.9 Å². The first kappa shape index (κ1) is 16.8. The van der Waals surface area contributed by atoms with Gasteiger partial charge in [-0.2, -0.15) is 0 Å². The number of rotatable bonds is 8. The van der Waals surface area contributed by atoms with Gasteiger partial charge in [-0.1, -0.05) is 12.1 Å². The van der Waals surface area contributed by atoms with E-state index in [1.54, 1.807) is 0 Å². The van der Waals surface area contributed by atoms with Crippen LogP contribution in [0.1, 0.15) is 30.1 Å². The first-order valence-corrected chi connectivity index (χ1v) is 8.36. The van der Waals surface area contributed by atoms with Crippen molar-refractivity contribution in [2.24, 2.45) is 11.5 Å². The number of ether oxygens (including phenoxy) is 2. The lowest BCUT2D eigenvalue weighted by atomic mass is 10.1. The van der Waals surface area contributed by atoms with Gasteiger partial charge >= 0.3 is 0 Å². The van der Waals surface area contributed by atoms with E-state index in [1.807, 2.05) is 36.4 Å². The van der Waals surface area contributed by atoms with E-state index < -0.39 is 6.10 Å². The van der Waals surface area contributed by atoms with Crippen molar-refractivity contribution in [3.8, 4) is 22.6 Å². The van der Waals surface area contributed by atoms with E-state index in [9.17, 15) is 5.11 Å². The van der Waals surface area contributed by atoms with Gasteiger partial charge in [-0.3, -0.25) is 0 Å². The molecule has 0 radical (unpaired) electrons. The minimum atomic E-state index is -0.633. The predicted octanol–water partition coefficient (Wildman–Crippen LogP) is 2.20. The van der Waals surface area contributed by atoms with Crippen LogP contribution in [-0.4, -0.2) is 31.4 Å². The van der Waals surface area contributed by atoms with E-state index in [0.29, 0.717) is 26.3 Å². The van der Waals surface area contributed by atoms with Crippen molar-refractivity contribution in [3.05, 3.63) is 47.5 Å². The molecule has 0 heterocycles. The van der Waals surface area contributed by atoms with Gasteiger partial charge < -0.3 is 26.0 Å². The molecule has 1 atom stereocenters. The average Bonchev–Trinajstić information content (AvgIpc) is 2.88. The van der Waals surface area contributed by atoms with E-state index in [2.05, 4.69) is 0 Å². The molecule has 3 rings (SSSR count). The molecule has 0 saturated heterocycles. The van der Waals surface area contributed by atoms with Crippen molar-refractivity contribution in [3.63, 3.8) is 0 Å². The summed E-state index contributed by atoms with van der Waals surface area (Å²) < 4.78 is 11.4. The van der Waals surface area contributed by atoms with Crippen LogP contribution < -0.4 is 20.9 Å². The number of fused-ring (bicyclic) bond motifs is 3. The van der Waals surface area contributed by atoms with Gasteiger partial charge in [0.15, 0.2) is 0 Å². The second-order valence-electron chi connectivity index (χ2n) is 5.88. The Bertz CT molecular complexity index is 703. The first-order chi connectivity index (χ1) is 11.7. The van der Waals surface area contributed by atoms with Crippen molar-refractivity contribution in [1.82, 2.24) is 0 Å². The third-order valence-corrected chi connectivity index (χ3v) is 4.16. The Kier molecular flexibility index (Phi) is 5.35. The summed E-state index contributed by atoms with van der Waals surface area (Å²) in [7, 11) is 0. The summed E-state index contributed by atoms with van der Waals surface area (Å²) in [6.45, 7) is 2.39. The SMILES string of the molecule is NCCCOc1ccc2c(c1)-c1ccc(OCCCN)cc1C2O. The molecule has 0 aliphatic heterocycles. The van der Waals surface area contributed by atoms with Crippen LogP contribution in [0.3, 0.4) is 0 Å². The van der Waals surface area contributed by atoms with Crippen LogP contribution in [0.4, 0.5) is 0 Å². The van der Waals surface area contributed by atoms with Crippen LogP contribution in [0.2, 0.25) is 0 Å². The molecule has 5 N–H and O–H groups in total. The van der Waals surface area contributed by atoms with Crippen molar-refractivity contribution in [2.75, 3.05) is 26.3 Å². The molecule has 0 aromatic heterocycles. The minimum absolute atomic E-state index is 0.581. The normalized spacial score (nSPS) is 15.0. The second-order valence-corrected chi connectivity index (χ2v) is 5.88. The molecule has 0 spiro atoms. The Morgan fingerprint density at radius 2 is 1.42 bits per heavy atom. The van der Waals surface area contributed by atoms with Crippen molar-refractivity contribution in [1.29, 1.82) is 0 Å². The standard InChI is InChI=1S/C19H24N2O3/c20-7-1-9-23-13-4-6-16-17(11-13)15-5-3-14(24-10-2-8-21)12-18(15)19(16)22/h3-6,11-12,19,22H,1-2,7-10,20-21H2. The number of hydrogen-bond acceptors (Lipinski definition) is 5. The maximum atomic E-state index is 10.6. The van der Waals surface area contributed by atoms with Gasteiger partial charge in [0.2, 0.25) is 0 Å². The van der Waals surface area contributed by atoms with Crippen molar-refractivity contribution < 1.29 is 14.6 Å². The number of aliphatic hydroxyl groups excluding tert-OH is 1. The topological polar surface area (TPSA) is 90.7 Å². The molecule has 0 fully saturated rings. The summed E-state index contributed by atoms with van der Waals surface area (Å²) in [6, 6.07) is 11.6. The number of hydrogen-bond donors (Lipinski definition) is 3. The lowest BCUT2D eigenvalue weighted by Gasteiger charge is -2.09. The summed E-state index contributed by atoms with van der Waals surface area (Å²) in [5.41, 5.74) is 14.8. The van der Waals surface area contributed by atoms with Gasteiger partial charge in [0.25, 0.3) is 0 Å². The van der Waals surface area contributed by atoms with Crippen LogP contribution >= 0.6 is 0 Å². The third-order valence-electron chi connectivity index (χ3n) is 4.16. The molecule has 1 aliphatic carbocycles. The van der Waals surface area contributed by atoms with E-state index in [0.717, 1.165) is 46.6 Å². The molecular formula is C19H24N2O3. The van der Waals surface area contributed by atoms with Gasteiger partial charge in [-0.15, -0.1) is 0 Å². The number of benzene rings is 2. The van der Waals surface area contributed by atoms with Gasteiger partial charge in [0.1, 0.15) is 17.6 Å². The molecule has 0 amide bonds. The summed E-state index contributed by atoms with van der Waals surface area (Å²) in [5.74, 6) is 1.55. The molecule has 1 unspecified atom stereocenters. The third kappa shape index (κ3) is 3.38. The highest BCUT2D eigenvalue weighted by Crippen LogP contribution is 2.45. The highest BCUT2D eigenvalue weighted by molar-refractivity contribution is 5.79. The van der Waals surface area contributed by atoms with Crippen LogP contribution in [0.5, 0.6) is 11.5 Å². The van der Waals surface area contributed by atoms with Gasteiger partial charge in [0.05, 0.1) is 13.2 Å². The molecule has 5 heteroatoms. The second kappa shape index (κ2) is 7.66. The average molecular weight is 328 g/mol. The predicted molar refractivity (Wildman–Crippen MR) is 94.3 cm³/mol. The quantitative estimate of drug-likeness (QED) is 0.646. The highest BCUT2D eigenvalue weighted by Gasteiger charge is 2.27. The summed E-state index contributed by atoms with van der Waals surface area (Å²) in [4.78, 5) is 0. The number of aliphatic hydroxyl groups is 1. The lowest BCUT2D eigenvalue weighted by Crippen LogP contribution is -2.06. The van der Waals surface area contributed by atoms with Gasteiger partial charge in [-0.25, -0.2) is 0 Å². The molecule has 2 aromatic carbocycles. The van der Waals surface area contributed by atoms with Crippen LogP contribution in [0, 0.1) is 0 Å². The molecule has 5 nitrogen and oxygen atoms in total. The molecular weight excluding hydrogens is 304 g/mol. The molecule has 24 heavy (non-hydrogen) atoms.